The van der Waals surface area contributed by atoms with Crippen molar-refractivity contribution in [2.45, 2.75) is 57.9 Å². The normalized spacial score (nSPS) is 22.7. The third-order valence-corrected chi connectivity index (χ3v) is 8.11. The van der Waals surface area contributed by atoms with Gasteiger partial charge in [0.25, 0.3) is 5.56 Å². The van der Waals surface area contributed by atoms with Crippen LogP contribution in [0.3, 0.4) is 0 Å². The van der Waals surface area contributed by atoms with Crippen LogP contribution in [0.4, 0.5) is 0 Å². The van der Waals surface area contributed by atoms with Crippen molar-refractivity contribution in [1.82, 2.24) is 14.5 Å². The van der Waals surface area contributed by atoms with E-state index in [1.807, 2.05) is 6.92 Å². The van der Waals surface area contributed by atoms with E-state index >= 15 is 0 Å². The van der Waals surface area contributed by atoms with E-state index in [-0.39, 0.29) is 36.5 Å². The van der Waals surface area contributed by atoms with Gasteiger partial charge in [-0.1, -0.05) is 13.8 Å². The second kappa shape index (κ2) is 8.12. The summed E-state index contributed by atoms with van der Waals surface area (Å²) in [5.41, 5.74) is 2.32. The molecule has 3 N–H and O–H groups in total. The minimum Gasteiger partial charge on any atom is -0.508 e. The van der Waals surface area contributed by atoms with Gasteiger partial charge in [-0.3, -0.25) is 14.3 Å². The van der Waals surface area contributed by atoms with Crippen LogP contribution < -0.4 is 5.56 Å². The number of phenols is 1. The van der Waals surface area contributed by atoms with Crippen molar-refractivity contribution in [1.29, 1.82) is 0 Å². The van der Waals surface area contributed by atoms with Gasteiger partial charge in [0.1, 0.15) is 12.4 Å². The fraction of sp³-hybridized carbons (Fsp3) is 0.444. The van der Waals surface area contributed by atoms with Crippen LogP contribution in [0.25, 0.3) is 22.3 Å². The molecule has 0 amide bonds. The minimum atomic E-state index is -1.92. The van der Waals surface area contributed by atoms with E-state index in [1.54, 1.807) is 25.1 Å². The van der Waals surface area contributed by atoms with Crippen LogP contribution in [0.5, 0.6) is 5.75 Å². The summed E-state index contributed by atoms with van der Waals surface area (Å²) in [5, 5.41) is 33.3. The summed E-state index contributed by atoms with van der Waals surface area (Å²) in [6.07, 6.45) is 1.80. The number of hydrogen-bond donors (Lipinski definition) is 3. The van der Waals surface area contributed by atoms with Crippen molar-refractivity contribution >= 4 is 16.9 Å². The molecule has 0 bridgehead atoms. The van der Waals surface area contributed by atoms with E-state index < -0.39 is 23.2 Å². The van der Waals surface area contributed by atoms with Crippen LogP contribution in [0.15, 0.2) is 23.0 Å². The number of aliphatic hydroxyl groups is 2. The number of aromatic hydroxyl groups is 1. The Morgan fingerprint density at radius 1 is 1.19 bits per heavy atom. The maximum atomic E-state index is 13.7. The zero-order chi connectivity index (χ0) is 25.4. The molecule has 3 aliphatic rings. The van der Waals surface area contributed by atoms with Crippen LogP contribution >= 0.6 is 0 Å². The lowest BCUT2D eigenvalue weighted by atomic mass is 9.86. The molecule has 36 heavy (non-hydrogen) atoms. The standard InChI is InChI=1S/C27H29N3O6/c1-3-14-22-15(11-29-8-5-9-29)21(32)7-6-18(22)28-24-19-10-17-16(13-36-26(34)27(17,35)4-2)25(33)30(19)20(12-31)23(14)24/h6-7,10,20,31-32,35H,3-5,8-9,11-13H2,1-2H3/t20-,27+/m1/s1. The lowest BCUT2D eigenvalue weighted by Gasteiger charge is -2.32. The van der Waals surface area contributed by atoms with Gasteiger partial charge in [0.2, 0.25) is 0 Å². The van der Waals surface area contributed by atoms with Gasteiger partial charge in [0.05, 0.1) is 35.1 Å². The SMILES string of the molecule is CCc1c2c(nc3ccc(O)c(CN4CCC4)c13)-c1cc3c(c(=O)n1[C@@H]2CO)COC(=O)[C@]3(O)CC. The molecule has 0 saturated carbocycles. The molecule has 1 saturated heterocycles. The summed E-state index contributed by atoms with van der Waals surface area (Å²) in [6, 6.07) is 4.41. The number of cyclic esters (lactones) is 1. The largest absolute Gasteiger partial charge is 0.508 e. The van der Waals surface area contributed by atoms with Gasteiger partial charge >= 0.3 is 5.97 Å². The lowest BCUT2D eigenvalue weighted by molar-refractivity contribution is -0.172. The minimum absolute atomic E-state index is 0.0580. The van der Waals surface area contributed by atoms with Crippen LogP contribution in [0.2, 0.25) is 0 Å². The molecule has 9 nitrogen and oxygen atoms in total. The molecule has 3 aliphatic heterocycles. The van der Waals surface area contributed by atoms with Crippen LogP contribution in [0, 0.1) is 0 Å². The first kappa shape index (κ1) is 23.1. The molecule has 2 atom stereocenters. The number of esters is 1. The topological polar surface area (TPSA) is 125 Å². The number of aliphatic hydroxyl groups excluding tert-OH is 1. The maximum Gasteiger partial charge on any atom is 0.343 e. The second-order valence-corrected chi connectivity index (χ2v) is 9.88. The van der Waals surface area contributed by atoms with Crippen molar-refractivity contribution in [3.63, 3.8) is 0 Å². The van der Waals surface area contributed by atoms with Gasteiger partial charge in [-0.25, -0.2) is 9.78 Å². The number of carbonyl (C=O) groups is 1. The van der Waals surface area contributed by atoms with Gasteiger partial charge in [-0.15, -0.1) is 0 Å². The fourth-order valence-corrected chi connectivity index (χ4v) is 6.03. The van der Waals surface area contributed by atoms with Crippen molar-refractivity contribution in [3.05, 3.63) is 56.4 Å². The first-order valence-electron chi connectivity index (χ1n) is 12.5. The van der Waals surface area contributed by atoms with Crippen LogP contribution in [-0.2, 0) is 34.7 Å². The highest BCUT2D eigenvalue weighted by Crippen LogP contribution is 2.46. The first-order valence-corrected chi connectivity index (χ1v) is 12.5. The maximum absolute atomic E-state index is 13.7. The van der Waals surface area contributed by atoms with Gasteiger partial charge in [-0.2, -0.15) is 0 Å². The van der Waals surface area contributed by atoms with E-state index in [4.69, 9.17) is 9.72 Å². The predicted octanol–water partition coefficient (Wildman–Crippen LogP) is 2.09. The number of pyridine rings is 2. The van der Waals surface area contributed by atoms with Crippen molar-refractivity contribution in [2.75, 3.05) is 19.7 Å². The smallest absolute Gasteiger partial charge is 0.343 e. The van der Waals surface area contributed by atoms with E-state index in [1.165, 1.54) is 4.57 Å². The summed E-state index contributed by atoms with van der Waals surface area (Å²) in [5.74, 6) is -0.566. The molecule has 3 aromatic rings. The molecule has 0 spiro atoms. The van der Waals surface area contributed by atoms with E-state index in [9.17, 15) is 24.9 Å². The third kappa shape index (κ3) is 2.96. The van der Waals surface area contributed by atoms with Crippen LogP contribution in [-0.4, -0.2) is 55.4 Å². The highest BCUT2D eigenvalue weighted by molar-refractivity contribution is 5.93. The molecule has 1 fully saturated rings. The Morgan fingerprint density at radius 3 is 2.61 bits per heavy atom. The number of carbonyl (C=O) groups excluding carboxylic acids is 1. The number of aromatic nitrogens is 2. The van der Waals surface area contributed by atoms with E-state index in [0.717, 1.165) is 41.6 Å². The molecule has 6 rings (SSSR count). The molecular weight excluding hydrogens is 462 g/mol. The fourth-order valence-electron chi connectivity index (χ4n) is 6.03. The number of nitrogens with zero attached hydrogens (tertiary/aromatic N) is 3. The molecule has 0 aliphatic carbocycles. The zero-order valence-electron chi connectivity index (χ0n) is 20.4. The predicted molar refractivity (Wildman–Crippen MR) is 132 cm³/mol. The molecule has 188 valence electrons. The Hall–Kier alpha value is -3.27. The van der Waals surface area contributed by atoms with Crippen LogP contribution in [0.1, 0.15) is 60.5 Å². The second-order valence-electron chi connectivity index (χ2n) is 9.88. The Balaban J connectivity index is 1.66. The number of likely N-dealkylation sites (tertiary alicyclic amines) is 1. The Labute approximate surface area is 207 Å². The zero-order valence-corrected chi connectivity index (χ0v) is 20.4. The highest BCUT2D eigenvalue weighted by Gasteiger charge is 2.46. The Bertz CT molecular complexity index is 1490. The van der Waals surface area contributed by atoms with Crippen molar-refractivity contribution in [3.8, 4) is 17.1 Å². The number of rotatable bonds is 5. The number of ether oxygens (including phenoxy) is 1. The summed E-state index contributed by atoms with van der Waals surface area (Å²) >= 11 is 0. The number of phenolic OH excluding ortho intramolecular Hbond substituents is 1. The number of benzene rings is 1. The molecule has 0 unspecified atom stereocenters. The van der Waals surface area contributed by atoms with E-state index in [0.29, 0.717) is 29.9 Å². The van der Waals surface area contributed by atoms with Gasteiger partial charge < -0.3 is 20.1 Å². The average Bonchev–Trinajstić information content (AvgIpc) is 3.17. The summed E-state index contributed by atoms with van der Waals surface area (Å²) in [7, 11) is 0. The number of fused-ring (bicyclic) bond motifs is 5. The highest BCUT2D eigenvalue weighted by atomic mass is 16.6. The molecule has 9 heteroatoms. The number of hydrogen-bond acceptors (Lipinski definition) is 8. The Morgan fingerprint density at radius 2 is 1.97 bits per heavy atom. The summed E-state index contributed by atoms with van der Waals surface area (Å²) in [6.45, 7) is 5.68. The molecular formula is C27H29N3O6. The van der Waals surface area contributed by atoms with Crippen molar-refractivity contribution in [2.24, 2.45) is 0 Å². The Kier molecular flexibility index (Phi) is 5.22. The quantitative estimate of drug-likeness (QED) is 0.464. The molecule has 2 aromatic heterocycles. The molecule has 1 aromatic carbocycles. The van der Waals surface area contributed by atoms with E-state index in [2.05, 4.69) is 4.90 Å². The average molecular weight is 492 g/mol. The lowest BCUT2D eigenvalue weighted by Crippen LogP contribution is -2.44. The molecule has 0 radical (unpaired) electrons. The first-order chi connectivity index (χ1) is 17.3. The molecule has 5 heterocycles. The summed E-state index contributed by atoms with van der Waals surface area (Å²) in [4.78, 5) is 33.4. The van der Waals surface area contributed by atoms with Gasteiger partial charge in [-0.05, 0) is 56.1 Å². The van der Waals surface area contributed by atoms with Gasteiger partial charge in [0, 0.05) is 28.6 Å². The van der Waals surface area contributed by atoms with Gasteiger partial charge in [0.15, 0.2) is 5.60 Å². The monoisotopic (exact) mass is 491 g/mol. The third-order valence-electron chi connectivity index (χ3n) is 8.11. The van der Waals surface area contributed by atoms with Crippen molar-refractivity contribution < 1.29 is 24.9 Å². The summed E-state index contributed by atoms with van der Waals surface area (Å²) < 4.78 is 6.69. The number of aryl methyl sites for hydroxylation is 1.